The average molecular weight is 299 g/mol. The first-order valence-corrected chi connectivity index (χ1v) is 7.93. The fraction of sp³-hybridized carbons (Fsp3) is 0.368. The first kappa shape index (κ1) is 15.2. The molecule has 0 radical (unpaired) electrons. The van der Waals surface area contributed by atoms with E-state index in [-0.39, 0.29) is 5.82 Å². The summed E-state index contributed by atoms with van der Waals surface area (Å²) in [6.45, 7) is 2.46. The predicted molar refractivity (Wildman–Crippen MR) is 85.8 cm³/mol. The van der Waals surface area contributed by atoms with Gasteiger partial charge in [0, 0.05) is 12.1 Å². The van der Waals surface area contributed by atoms with Gasteiger partial charge in [0.2, 0.25) is 0 Å². The Bertz CT molecular complexity index is 593. The summed E-state index contributed by atoms with van der Waals surface area (Å²) in [5.41, 5.74) is 1.75. The highest BCUT2D eigenvalue weighted by atomic mass is 19.1. The minimum atomic E-state index is -0.392. The number of hydrogen-bond acceptors (Lipinski definition) is 2. The molecule has 2 aromatic carbocycles. The largest absolute Gasteiger partial charge is 0.388 e. The van der Waals surface area contributed by atoms with Crippen molar-refractivity contribution < 1.29 is 9.50 Å². The Morgan fingerprint density at radius 1 is 1.00 bits per heavy atom. The second kappa shape index (κ2) is 7.03. The van der Waals surface area contributed by atoms with Crippen molar-refractivity contribution in [1.29, 1.82) is 0 Å². The Hall–Kier alpha value is -1.71. The molecule has 1 saturated heterocycles. The van der Waals surface area contributed by atoms with Crippen LogP contribution in [0.5, 0.6) is 0 Å². The van der Waals surface area contributed by atoms with Crippen molar-refractivity contribution in [2.45, 2.75) is 25.5 Å². The summed E-state index contributed by atoms with van der Waals surface area (Å²) in [4.78, 5) is 2.27. The smallest absolute Gasteiger partial charge is 0.127 e. The van der Waals surface area contributed by atoms with Crippen LogP contribution in [0.2, 0.25) is 0 Å². The maximum absolute atomic E-state index is 13.7. The van der Waals surface area contributed by atoms with Crippen LogP contribution in [0.25, 0.3) is 0 Å². The highest BCUT2D eigenvalue weighted by Crippen LogP contribution is 2.31. The van der Waals surface area contributed by atoms with Gasteiger partial charge in [-0.1, -0.05) is 48.5 Å². The van der Waals surface area contributed by atoms with Crippen LogP contribution in [0.3, 0.4) is 0 Å². The molecule has 1 fully saturated rings. The molecular formula is C19H22FNO. The van der Waals surface area contributed by atoms with Crippen LogP contribution in [-0.4, -0.2) is 23.1 Å². The average Bonchev–Trinajstić information content (AvgIpc) is 2.58. The summed E-state index contributed by atoms with van der Waals surface area (Å²) in [6, 6.07) is 16.8. The predicted octanol–water partition coefficient (Wildman–Crippen LogP) is 3.77. The molecule has 1 N–H and O–H groups in total. The van der Waals surface area contributed by atoms with Crippen molar-refractivity contribution >= 4 is 0 Å². The molecule has 0 aromatic heterocycles. The number of hydrogen-bond donors (Lipinski definition) is 1. The number of likely N-dealkylation sites (tertiary alicyclic amines) is 1. The zero-order valence-corrected chi connectivity index (χ0v) is 12.7. The van der Waals surface area contributed by atoms with Gasteiger partial charge in [-0.15, -0.1) is 0 Å². The molecule has 0 spiro atoms. The molecular weight excluding hydrogens is 277 g/mol. The summed E-state index contributed by atoms with van der Waals surface area (Å²) in [5.74, 6) is 0.160. The topological polar surface area (TPSA) is 23.5 Å². The molecule has 116 valence electrons. The lowest BCUT2D eigenvalue weighted by atomic mass is 9.87. The van der Waals surface area contributed by atoms with Gasteiger partial charge in [-0.25, -0.2) is 4.39 Å². The van der Waals surface area contributed by atoms with Crippen molar-refractivity contribution in [3.63, 3.8) is 0 Å². The number of piperidine rings is 1. The molecule has 2 aromatic rings. The maximum Gasteiger partial charge on any atom is 0.127 e. The van der Waals surface area contributed by atoms with E-state index in [1.165, 1.54) is 6.07 Å². The number of rotatable bonds is 4. The molecule has 1 atom stereocenters. The molecule has 1 aliphatic rings. The van der Waals surface area contributed by atoms with Gasteiger partial charge in [0.25, 0.3) is 0 Å². The van der Waals surface area contributed by atoms with E-state index in [0.717, 1.165) is 37.1 Å². The molecule has 3 rings (SSSR count). The van der Waals surface area contributed by atoms with Gasteiger partial charge in [0.15, 0.2) is 0 Å². The zero-order chi connectivity index (χ0) is 15.4. The fourth-order valence-corrected chi connectivity index (χ4v) is 3.22. The van der Waals surface area contributed by atoms with Gasteiger partial charge in [-0.2, -0.15) is 0 Å². The van der Waals surface area contributed by atoms with Crippen LogP contribution in [0.1, 0.15) is 30.1 Å². The quantitative estimate of drug-likeness (QED) is 0.929. The van der Waals surface area contributed by atoms with Crippen molar-refractivity contribution in [3.8, 4) is 0 Å². The Morgan fingerprint density at radius 3 is 2.32 bits per heavy atom. The monoisotopic (exact) mass is 299 g/mol. The molecule has 0 saturated carbocycles. The third-order valence-corrected chi connectivity index (χ3v) is 4.57. The van der Waals surface area contributed by atoms with E-state index in [2.05, 4.69) is 4.90 Å². The van der Waals surface area contributed by atoms with Crippen LogP contribution < -0.4 is 0 Å². The lowest BCUT2D eigenvalue weighted by Crippen LogP contribution is -2.35. The lowest BCUT2D eigenvalue weighted by Gasteiger charge is -2.34. The van der Waals surface area contributed by atoms with E-state index >= 15 is 0 Å². The molecule has 22 heavy (non-hydrogen) atoms. The fourth-order valence-electron chi connectivity index (χ4n) is 3.22. The van der Waals surface area contributed by atoms with E-state index < -0.39 is 6.10 Å². The standard InChI is InChI=1S/C19H22FNO/c20-18-9-5-4-8-17(18)14-21-12-10-16(11-13-21)19(22)15-6-2-1-3-7-15/h1-9,16,19,22H,10-14H2. The summed E-state index contributed by atoms with van der Waals surface area (Å²) < 4.78 is 13.7. The molecule has 0 aliphatic carbocycles. The van der Waals surface area contributed by atoms with Crippen LogP contribution in [0, 0.1) is 11.7 Å². The Kier molecular flexibility index (Phi) is 4.86. The summed E-state index contributed by atoms with van der Waals surface area (Å²) in [7, 11) is 0. The molecule has 0 amide bonds. The highest BCUT2D eigenvalue weighted by molar-refractivity contribution is 5.19. The summed E-state index contributed by atoms with van der Waals surface area (Å²) in [5, 5.41) is 10.5. The van der Waals surface area contributed by atoms with E-state index in [1.54, 1.807) is 6.07 Å². The first-order valence-electron chi connectivity index (χ1n) is 7.93. The highest BCUT2D eigenvalue weighted by Gasteiger charge is 2.26. The van der Waals surface area contributed by atoms with Crippen molar-refractivity contribution in [3.05, 3.63) is 71.5 Å². The minimum absolute atomic E-state index is 0.131. The van der Waals surface area contributed by atoms with Crippen molar-refractivity contribution in [2.75, 3.05) is 13.1 Å². The Labute approximate surface area is 131 Å². The lowest BCUT2D eigenvalue weighted by molar-refractivity contribution is 0.0565. The minimum Gasteiger partial charge on any atom is -0.388 e. The number of nitrogens with zero attached hydrogens (tertiary/aromatic N) is 1. The molecule has 3 heteroatoms. The Morgan fingerprint density at radius 2 is 1.64 bits per heavy atom. The normalized spacial score (nSPS) is 18.3. The van der Waals surface area contributed by atoms with Gasteiger partial charge in [-0.3, -0.25) is 4.90 Å². The van der Waals surface area contributed by atoms with Gasteiger partial charge in [-0.05, 0) is 43.5 Å². The maximum atomic E-state index is 13.7. The zero-order valence-electron chi connectivity index (χ0n) is 12.7. The SMILES string of the molecule is OC(c1ccccc1)C1CCN(Cc2ccccc2F)CC1. The van der Waals surface area contributed by atoms with Crippen LogP contribution in [-0.2, 0) is 6.54 Å². The number of benzene rings is 2. The molecule has 0 bridgehead atoms. The van der Waals surface area contributed by atoms with Crippen molar-refractivity contribution in [1.82, 2.24) is 4.90 Å². The molecule has 1 unspecified atom stereocenters. The van der Waals surface area contributed by atoms with E-state index in [0.29, 0.717) is 12.5 Å². The van der Waals surface area contributed by atoms with Gasteiger partial charge in [0.1, 0.15) is 5.82 Å². The number of halogens is 1. The van der Waals surface area contributed by atoms with E-state index in [4.69, 9.17) is 0 Å². The summed E-state index contributed by atoms with van der Waals surface area (Å²) in [6.07, 6.45) is 1.51. The number of aliphatic hydroxyl groups is 1. The van der Waals surface area contributed by atoms with Gasteiger partial charge >= 0.3 is 0 Å². The number of aliphatic hydroxyl groups excluding tert-OH is 1. The third-order valence-electron chi connectivity index (χ3n) is 4.57. The van der Waals surface area contributed by atoms with E-state index in [1.807, 2.05) is 42.5 Å². The molecule has 1 aliphatic heterocycles. The second-order valence-corrected chi connectivity index (χ2v) is 6.06. The molecule has 2 nitrogen and oxygen atoms in total. The van der Waals surface area contributed by atoms with Crippen LogP contribution >= 0.6 is 0 Å². The Balaban J connectivity index is 1.55. The van der Waals surface area contributed by atoms with Crippen molar-refractivity contribution in [2.24, 2.45) is 5.92 Å². The molecule has 1 heterocycles. The van der Waals surface area contributed by atoms with Crippen LogP contribution in [0.15, 0.2) is 54.6 Å². The van der Waals surface area contributed by atoms with Crippen LogP contribution in [0.4, 0.5) is 4.39 Å². The van der Waals surface area contributed by atoms with Gasteiger partial charge in [0.05, 0.1) is 6.10 Å². The van der Waals surface area contributed by atoms with Gasteiger partial charge < -0.3 is 5.11 Å². The first-order chi connectivity index (χ1) is 10.7. The third kappa shape index (κ3) is 3.54. The van der Waals surface area contributed by atoms with E-state index in [9.17, 15) is 9.50 Å². The summed E-state index contributed by atoms with van der Waals surface area (Å²) >= 11 is 0. The second-order valence-electron chi connectivity index (χ2n) is 6.06.